The number of thiophene rings is 1. The fourth-order valence-electron chi connectivity index (χ4n) is 2.26. The first-order chi connectivity index (χ1) is 12.0. The van der Waals surface area contributed by atoms with Gasteiger partial charge in [-0.1, -0.05) is 30.3 Å². The lowest BCUT2D eigenvalue weighted by Gasteiger charge is -2.05. The predicted molar refractivity (Wildman–Crippen MR) is 91.7 cm³/mol. The van der Waals surface area contributed by atoms with Gasteiger partial charge in [0.25, 0.3) is 5.91 Å². The minimum absolute atomic E-state index is 0.0900. The molecule has 0 spiro atoms. The molecular weight excluding hydrogens is 344 g/mol. The Morgan fingerprint density at radius 2 is 1.72 bits per heavy atom. The molecule has 1 heterocycles. The van der Waals surface area contributed by atoms with Crippen LogP contribution in [0.2, 0.25) is 0 Å². The van der Waals surface area contributed by atoms with E-state index >= 15 is 0 Å². The van der Waals surface area contributed by atoms with Crippen molar-refractivity contribution >= 4 is 23.0 Å². The van der Waals surface area contributed by atoms with Gasteiger partial charge in [0, 0.05) is 16.5 Å². The number of hydrogen-bond acceptors (Lipinski definition) is 3. The molecule has 6 heteroatoms. The highest BCUT2D eigenvalue weighted by molar-refractivity contribution is 7.14. The van der Waals surface area contributed by atoms with Crippen molar-refractivity contribution in [2.24, 2.45) is 0 Å². The van der Waals surface area contributed by atoms with Gasteiger partial charge in [0.15, 0.2) is 0 Å². The summed E-state index contributed by atoms with van der Waals surface area (Å²) in [6.45, 7) is 0.155. The van der Waals surface area contributed by atoms with Crippen molar-refractivity contribution in [3.8, 4) is 0 Å². The number of rotatable bonds is 5. The van der Waals surface area contributed by atoms with Gasteiger partial charge in [0.05, 0.1) is 17.0 Å². The highest BCUT2D eigenvalue weighted by Gasteiger charge is 2.14. The first-order valence-electron chi connectivity index (χ1n) is 7.46. The third-order valence-electron chi connectivity index (χ3n) is 3.52. The number of carbonyl (C=O) groups excluding carboxylic acids is 2. The first-order valence-corrected chi connectivity index (χ1v) is 8.28. The predicted octanol–water partition coefficient (Wildman–Crippen LogP) is 4.19. The number of amides is 1. The van der Waals surface area contributed by atoms with E-state index < -0.39 is 17.5 Å². The Hall–Kier alpha value is -2.86. The highest BCUT2D eigenvalue weighted by Crippen LogP contribution is 2.20. The maximum absolute atomic E-state index is 13.6. The summed E-state index contributed by atoms with van der Waals surface area (Å²) in [7, 11) is 0. The molecular formula is C19H13F2NO2S. The van der Waals surface area contributed by atoms with Gasteiger partial charge >= 0.3 is 0 Å². The van der Waals surface area contributed by atoms with E-state index in [1.807, 2.05) is 6.07 Å². The van der Waals surface area contributed by atoms with E-state index in [0.717, 1.165) is 17.0 Å². The molecule has 1 N–H and O–H groups in total. The molecule has 1 amide bonds. The smallest absolute Gasteiger partial charge is 0.254 e. The average Bonchev–Trinajstić information content (AvgIpc) is 3.09. The highest BCUT2D eigenvalue weighted by atomic mass is 32.1. The molecule has 3 nitrogen and oxygen atoms in total. The van der Waals surface area contributed by atoms with Crippen molar-refractivity contribution in [1.29, 1.82) is 0 Å². The van der Waals surface area contributed by atoms with Gasteiger partial charge in [0.2, 0.25) is 5.78 Å². The largest absolute Gasteiger partial charge is 0.347 e. The Morgan fingerprint density at radius 1 is 0.960 bits per heavy atom. The molecule has 0 saturated carbocycles. The third-order valence-corrected chi connectivity index (χ3v) is 4.60. The van der Waals surface area contributed by atoms with Crippen molar-refractivity contribution in [3.05, 3.63) is 93.2 Å². The maximum Gasteiger partial charge on any atom is 0.254 e. The van der Waals surface area contributed by atoms with E-state index in [1.165, 1.54) is 11.3 Å². The maximum atomic E-state index is 13.6. The topological polar surface area (TPSA) is 46.2 Å². The zero-order valence-electron chi connectivity index (χ0n) is 13.0. The molecule has 0 aliphatic rings. The van der Waals surface area contributed by atoms with E-state index in [1.54, 1.807) is 36.4 Å². The Balaban J connectivity index is 1.66. The minimum atomic E-state index is -0.913. The van der Waals surface area contributed by atoms with Crippen LogP contribution >= 0.6 is 11.3 Å². The molecule has 3 rings (SSSR count). The van der Waals surface area contributed by atoms with Crippen LogP contribution in [0, 0.1) is 11.6 Å². The summed E-state index contributed by atoms with van der Waals surface area (Å²) in [4.78, 5) is 25.6. The number of hydrogen-bond donors (Lipinski definition) is 1. The molecule has 1 aromatic heterocycles. The standard InChI is InChI=1S/C19H13F2NO2S/c20-13-6-8-15(16(21)10-13)19(24)22-11-14-7-9-17(25-14)18(23)12-4-2-1-3-5-12/h1-10H,11H2,(H,22,24). The fraction of sp³-hybridized carbons (Fsp3) is 0.0526. The number of benzene rings is 2. The Morgan fingerprint density at radius 3 is 2.44 bits per heavy atom. The monoisotopic (exact) mass is 357 g/mol. The van der Waals surface area contributed by atoms with Crippen LogP contribution in [-0.4, -0.2) is 11.7 Å². The quantitative estimate of drug-likeness (QED) is 0.696. The van der Waals surface area contributed by atoms with Gasteiger partial charge in [-0.25, -0.2) is 8.78 Å². The lowest BCUT2D eigenvalue weighted by Crippen LogP contribution is -2.23. The summed E-state index contributed by atoms with van der Waals surface area (Å²) in [5, 5.41) is 2.57. The zero-order chi connectivity index (χ0) is 17.8. The van der Waals surface area contributed by atoms with Crippen molar-refractivity contribution in [2.45, 2.75) is 6.54 Å². The zero-order valence-corrected chi connectivity index (χ0v) is 13.8. The summed E-state index contributed by atoms with van der Waals surface area (Å²) in [6, 6.07) is 15.1. The molecule has 0 fully saturated rings. The summed E-state index contributed by atoms with van der Waals surface area (Å²) >= 11 is 1.26. The number of carbonyl (C=O) groups is 2. The van der Waals surface area contributed by atoms with E-state index in [9.17, 15) is 18.4 Å². The third kappa shape index (κ3) is 3.97. The molecule has 0 bridgehead atoms. The molecule has 25 heavy (non-hydrogen) atoms. The Labute approximate surface area is 146 Å². The van der Waals surface area contributed by atoms with Gasteiger partial charge < -0.3 is 5.32 Å². The van der Waals surface area contributed by atoms with Gasteiger partial charge in [-0.15, -0.1) is 11.3 Å². The number of halogens is 2. The normalized spacial score (nSPS) is 10.5. The molecule has 0 aliphatic heterocycles. The van der Waals surface area contributed by atoms with Crippen LogP contribution in [0.1, 0.15) is 30.5 Å². The van der Waals surface area contributed by atoms with Gasteiger partial charge in [-0.05, 0) is 24.3 Å². The number of ketones is 1. The SMILES string of the molecule is O=C(c1ccccc1)c1ccc(CNC(=O)c2ccc(F)cc2F)s1. The molecule has 0 atom stereocenters. The first kappa shape index (κ1) is 17.0. The minimum Gasteiger partial charge on any atom is -0.347 e. The second-order valence-electron chi connectivity index (χ2n) is 5.27. The van der Waals surface area contributed by atoms with Crippen molar-refractivity contribution in [1.82, 2.24) is 5.32 Å². The summed E-state index contributed by atoms with van der Waals surface area (Å²) in [6.07, 6.45) is 0. The molecule has 0 radical (unpaired) electrons. The number of nitrogens with one attached hydrogen (secondary N) is 1. The fourth-order valence-corrected chi connectivity index (χ4v) is 3.17. The Bertz CT molecular complexity index is 922. The van der Waals surface area contributed by atoms with Gasteiger partial charge in [-0.3, -0.25) is 9.59 Å². The second kappa shape index (κ2) is 7.36. The molecule has 2 aromatic carbocycles. The van der Waals surface area contributed by atoms with Crippen LogP contribution in [0.3, 0.4) is 0 Å². The van der Waals surface area contributed by atoms with E-state index in [0.29, 0.717) is 16.5 Å². The van der Waals surface area contributed by atoms with Crippen LogP contribution in [0.5, 0.6) is 0 Å². The molecule has 0 saturated heterocycles. The summed E-state index contributed by atoms with van der Waals surface area (Å²) < 4.78 is 26.5. The van der Waals surface area contributed by atoms with E-state index in [4.69, 9.17) is 0 Å². The van der Waals surface area contributed by atoms with Gasteiger partial charge in [0.1, 0.15) is 11.6 Å². The van der Waals surface area contributed by atoms with Gasteiger partial charge in [-0.2, -0.15) is 0 Å². The van der Waals surface area contributed by atoms with Crippen LogP contribution in [0.4, 0.5) is 8.78 Å². The van der Waals surface area contributed by atoms with E-state index in [2.05, 4.69) is 5.32 Å². The van der Waals surface area contributed by atoms with E-state index in [-0.39, 0.29) is 17.9 Å². The van der Waals surface area contributed by atoms with Crippen LogP contribution in [0.15, 0.2) is 60.7 Å². The lowest BCUT2D eigenvalue weighted by atomic mass is 10.1. The van der Waals surface area contributed by atoms with Crippen molar-refractivity contribution in [2.75, 3.05) is 0 Å². The Kier molecular flexibility index (Phi) is 5.00. The van der Waals surface area contributed by atoms with Crippen LogP contribution in [0.25, 0.3) is 0 Å². The molecule has 0 unspecified atom stereocenters. The second-order valence-corrected chi connectivity index (χ2v) is 6.44. The average molecular weight is 357 g/mol. The lowest BCUT2D eigenvalue weighted by molar-refractivity contribution is 0.0946. The molecule has 3 aromatic rings. The van der Waals surface area contributed by atoms with Crippen LogP contribution < -0.4 is 5.32 Å². The van der Waals surface area contributed by atoms with Crippen molar-refractivity contribution in [3.63, 3.8) is 0 Å². The van der Waals surface area contributed by atoms with Crippen molar-refractivity contribution < 1.29 is 18.4 Å². The van der Waals surface area contributed by atoms with Crippen LogP contribution in [-0.2, 0) is 6.54 Å². The summed E-state index contributed by atoms with van der Waals surface area (Å²) in [5.41, 5.74) is 0.367. The summed E-state index contributed by atoms with van der Waals surface area (Å²) in [5.74, 6) is -2.38. The molecule has 126 valence electrons. The molecule has 0 aliphatic carbocycles.